The standard InChI is InChI=1S/C26H26N2O3/c1-15-9-12-17(13-10-15)27-24(30)20-19-14-11-16-7-5-6-8-18(16)28(19)22(21(20)25(27)31)23(29)26(2,3)4/h5-14,19-22H,1-4H3/t19-,20-,21-,22+/m1/s1. The van der Waals surface area contributed by atoms with Crippen molar-refractivity contribution >= 4 is 35.0 Å². The lowest BCUT2D eigenvalue weighted by Gasteiger charge is -2.38. The summed E-state index contributed by atoms with van der Waals surface area (Å²) < 4.78 is 0. The monoisotopic (exact) mass is 414 g/mol. The highest BCUT2D eigenvalue weighted by Crippen LogP contribution is 2.50. The number of anilines is 2. The van der Waals surface area contributed by atoms with Gasteiger partial charge in [0.1, 0.15) is 6.04 Å². The van der Waals surface area contributed by atoms with E-state index in [2.05, 4.69) is 0 Å². The van der Waals surface area contributed by atoms with Gasteiger partial charge in [0.2, 0.25) is 11.8 Å². The van der Waals surface area contributed by atoms with E-state index in [1.165, 1.54) is 4.90 Å². The third-order valence-electron chi connectivity index (χ3n) is 6.71. The Kier molecular flexibility index (Phi) is 4.23. The number of Topliss-reactive ketones (excluding diaryl/α,β-unsaturated/α-hetero) is 1. The Morgan fingerprint density at radius 2 is 1.55 bits per heavy atom. The van der Waals surface area contributed by atoms with E-state index >= 15 is 0 Å². The highest BCUT2D eigenvalue weighted by molar-refractivity contribution is 6.25. The minimum absolute atomic E-state index is 0.0120. The lowest BCUT2D eigenvalue weighted by atomic mass is 9.79. The molecular weight excluding hydrogens is 388 g/mol. The molecule has 158 valence electrons. The summed E-state index contributed by atoms with van der Waals surface area (Å²) in [5.41, 5.74) is 2.90. The maximum absolute atomic E-state index is 13.7. The number of nitrogens with zero attached hydrogens (tertiary/aromatic N) is 2. The first-order chi connectivity index (χ1) is 14.7. The zero-order chi connectivity index (χ0) is 22.1. The van der Waals surface area contributed by atoms with Gasteiger partial charge < -0.3 is 4.90 Å². The number of fused-ring (bicyclic) bond motifs is 5. The second-order valence-corrected chi connectivity index (χ2v) is 9.77. The molecule has 5 rings (SSSR count). The molecule has 2 aromatic rings. The van der Waals surface area contributed by atoms with Crippen molar-refractivity contribution in [1.82, 2.24) is 0 Å². The third kappa shape index (κ3) is 2.79. The number of hydrogen-bond donors (Lipinski definition) is 0. The summed E-state index contributed by atoms with van der Waals surface area (Å²) in [4.78, 5) is 44.3. The minimum Gasteiger partial charge on any atom is -0.353 e. The van der Waals surface area contributed by atoms with Crippen LogP contribution in [0.2, 0.25) is 0 Å². The van der Waals surface area contributed by atoms with Crippen LogP contribution in [0.1, 0.15) is 31.9 Å². The fourth-order valence-electron chi connectivity index (χ4n) is 5.21. The van der Waals surface area contributed by atoms with E-state index in [4.69, 9.17) is 0 Å². The fourth-order valence-corrected chi connectivity index (χ4v) is 5.21. The van der Waals surface area contributed by atoms with Gasteiger partial charge in [0, 0.05) is 11.1 Å². The van der Waals surface area contributed by atoms with Crippen molar-refractivity contribution in [2.45, 2.75) is 39.8 Å². The SMILES string of the molecule is Cc1ccc(N2C(=O)[C@@H]3[C@H](C2=O)[C@H]2C=Cc4ccccc4N2[C@@H]3C(=O)C(C)(C)C)cc1. The van der Waals surface area contributed by atoms with Gasteiger partial charge in [0.25, 0.3) is 0 Å². The molecule has 31 heavy (non-hydrogen) atoms. The fraction of sp³-hybridized carbons (Fsp3) is 0.346. The smallest absolute Gasteiger partial charge is 0.240 e. The largest absolute Gasteiger partial charge is 0.353 e. The molecule has 2 aromatic carbocycles. The lowest BCUT2D eigenvalue weighted by molar-refractivity contribution is -0.132. The lowest BCUT2D eigenvalue weighted by Crippen LogP contribution is -2.51. The molecule has 0 bridgehead atoms. The topological polar surface area (TPSA) is 57.7 Å². The first-order valence-electron chi connectivity index (χ1n) is 10.7. The van der Waals surface area contributed by atoms with Crippen LogP contribution in [0.5, 0.6) is 0 Å². The molecule has 0 aromatic heterocycles. The summed E-state index contributed by atoms with van der Waals surface area (Å²) in [6.45, 7) is 7.60. The molecule has 0 radical (unpaired) electrons. The Labute approximate surface area is 182 Å². The number of amides is 2. The Bertz CT molecular complexity index is 1130. The van der Waals surface area contributed by atoms with Crippen LogP contribution in [-0.2, 0) is 14.4 Å². The van der Waals surface area contributed by atoms with Crippen LogP contribution in [0.15, 0.2) is 54.6 Å². The van der Waals surface area contributed by atoms with Gasteiger partial charge in [-0.1, -0.05) is 68.8 Å². The summed E-state index contributed by atoms with van der Waals surface area (Å²) in [6, 6.07) is 14.3. The third-order valence-corrected chi connectivity index (χ3v) is 6.71. The summed E-state index contributed by atoms with van der Waals surface area (Å²) in [7, 11) is 0. The number of rotatable bonds is 2. The van der Waals surface area contributed by atoms with E-state index in [1.54, 1.807) is 12.1 Å². The van der Waals surface area contributed by atoms with E-state index in [0.717, 1.165) is 16.8 Å². The number of carbonyl (C=O) groups excluding carboxylic acids is 3. The van der Waals surface area contributed by atoms with Crippen LogP contribution < -0.4 is 9.80 Å². The molecule has 5 heteroatoms. The van der Waals surface area contributed by atoms with Gasteiger partial charge in [-0.25, -0.2) is 4.90 Å². The summed E-state index contributed by atoms with van der Waals surface area (Å²) in [5, 5.41) is 0. The Morgan fingerprint density at radius 1 is 0.903 bits per heavy atom. The molecule has 0 saturated carbocycles. The molecule has 3 heterocycles. The zero-order valence-electron chi connectivity index (χ0n) is 18.2. The van der Waals surface area contributed by atoms with Crippen LogP contribution in [0.3, 0.4) is 0 Å². The van der Waals surface area contributed by atoms with Crippen molar-refractivity contribution < 1.29 is 14.4 Å². The Hall–Kier alpha value is -3.21. The number of aryl methyl sites for hydroxylation is 1. The average Bonchev–Trinajstić information content (AvgIpc) is 3.21. The second-order valence-electron chi connectivity index (χ2n) is 9.77. The maximum atomic E-state index is 13.7. The van der Waals surface area contributed by atoms with Gasteiger partial charge in [-0.15, -0.1) is 0 Å². The number of ketones is 1. The number of hydrogen-bond acceptors (Lipinski definition) is 4. The van der Waals surface area contributed by atoms with E-state index in [0.29, 0.717) is 5.69 Å². The van der Waals surface area contributed by atoms with Crippen molar-refractivity contribution in [3.8, 4) is 0 Å². The van der Waals surface area contributed by atoms with Crippen molar-refractivity contribution in [3.63, 3.8) is 0 Å². The van der Waals surface area contributed by atoms with Crippen molar-refractivity contribution in [2.24, 2.45) is 17.3 Å². The van der Waals surface area contributed by atoms with E-state index in [9.17, 15) is 14.4 Å². The van der Waals surface area contributed by atoms with E-state index in [1.807, 2.05) is 81.1 Å². The van der Waals surface area contributed by atoms with Crippen LogP contribution in [0, 0.1) is 24.2 Å². The first-order valence-corrected chi connectivity index (χ1v) is 10.7. The summed E-state index contributed by atoms with van der Waals surface area (Å²) in [5.74, 6) is -1.78. The predicted octanol–water partition coefficient (Wildman–Crippen LogP) is 4.00. The first kappa shape index (κ1) is 19.7. The molecule has 2 saturated heterocycles. The Balaban J connectivity index is 1.65. The summed E-state index contributed by atoms with van der Waals surface area (Å²) in [6.07, 6.45) is 3.99. The minimum atomic E-state index is -0.693. The molecule has 4 atom stereocenters. The molecule has 0 aliphatic carbocycles. The van der Waals surface area contributed by atoms with Crippen molar-refractivity contribution in [1.29, 1.82) is 0 Å². The second kappa shape index (κ2) is 6.64. The number of imide groups is 1. The van der Waals surface area contributed by atoms with E-state index in [-0.39, 0.29) is 23.6 Å². The normalized spacial score (nSPS) is 26.7. The molecule has 2 fully saturated rings. The molecule has 3 aliphatic heterocycles. The molecule has 2 amide bonds. The van der Waals surface area contributed by atoms with Gasteiger partial charge in [0.15, 0.2) is 5.78 Å². The molecule has 0 N–H and O–H groups in total. The number of carbonyl (C=O) groups is 3. The predicted molar refractivity (Wildman–Crippen MR) is 121 cm³/mol. The summed E-state index contributed by atoms with van der Waals surface area (Å²) >= 11 is 0. The molecule has 3 aliphatic rings. The van der Waals surface area contributed by atoms with E-state index < -0.39 is 23.3 Å². The van der Waals surface area contributed by atoms with Crippen molar-refractivity contribution in [3.05, 3.63) is 65.7 Å². The molecule has 5 nitrogen and oxygen atoms in total. The van der Waals surface area contributed by atoms with Gasteiger partial charge in [-0.3, -0.25) is 14.4 Å². The Morgan fingerprint density at radius 3 is 2.23 bits per heavy atom. The van der Waals surface area contributed by atoms with Crippen LogP contribution >= 0.6 is 0 Å². The maximum Gasteiger partial charge on any atom is 0.240 e. The van der Waals surface area contributed by atoms with Crippen molar-refractivity contribution in [2.75, 3.05) is 9.80 Å². The average molecular weight is 415 g/mol. The number of para-hydroxylation sites is 1. The van der Waals surface area contributed by atoms with Crippen LogP contribution in [0.4, 0.5) is 11.4 Å². The molecule has 0 spiro atoms. The van der Waals surface area contributed by atoms with Gasteiger partial charge >= 0.3 is 0 Å². The van der Waals surface area contributed by atoms with Gasteiger partial charge in [-0.05, 0) is 30.7 Å². The molecular formula is C26H26N2O3. The molecule has 0 unspecified atom stereocenters. The van der Waals surface area contributed by atoms with Gasteiger partial charge in [0.05, 0.1) is 23.6 Å². The van der Waals surface area contributed by atoms with Crippen LogP contribution in [-0.4, -0.2) is 29.7 Å². The van der Waals surface area contributed by atoms with Gasteiger partial charge in [-0.2, -0.15) is 0 Å². The number of benzene rings is 2. The van der Waals surface area contributed by atoms with Crippen LogP contribution in [0.25, 0.3) is 6.08 Å². The highest BCUT2D eigenvalue weighted by Gasteiger charge is 2.64. The highest BCUT2D eigenvalue weighted by atomic mass is 16.2. The quantitative estimate of drug-likeness (QED) is 0.697. The zero-order valence-corrected chi connectivity index (χ0v) is 18.2.